The van der Waals surface area contributed by atoms with Gasteiger partial charge in [0.1, 0.15) is 17.3 Å². The minimum Gasteiger partial charge on any atom is -0.497 e. The minimum atomic E-state index is -0.272. The van der Waals surface area contributed by atoms with Gasteiger partial charge in [-0.2, -0.15) is 0 Å². The van der Waals surface area contributed by atoms with Crippen molar-refractivity contribution in [3.05, 3.63) is 35.7 Å². The Kier molecular flexibility index (Phi) is 5.73. The third-order valence-electron chi connectivity index (χ3n) is 3.40. The maximum atomic E-state index is 12.0. The number of hydrogen-bond donors (Lipinski definition) is 1. The molecule has 0 aliphatic rings. The summed E-state index contributed by atoms with van der Waals surface area (Å²) in [6.45, 7) is 5.47. The molecule has 0 saturated carbocycles. The number of benzene rings is 1. The number of amides is 1. The van der Waals surface area contributed by atoms with E-state index in [1.807, 2.05) is 38.1 Å². The van der Waals surface area contributed by atoms with Crippen LogP contribution in [-0.2, 0) is 16.0 Å². The van der Waals surface area contributed by atoms with Crippen LogP contribution in [0, 0.1) is 6.92 Å². The first-order chi connectivity index (χ1) is 11.4. The maximum absolute atomic E-state index is 12.0. The average Bonchev–Trinajstić information content (AvgIpc) is 2.87. The fourth-order valence-corrected chi connectivity index (χ4v) is 2.25. The van der Waals surface area contributed by atoms with Crippen LogP contribution >= 0.6 is 0 Å². The van der Waals surface area contributed by atoms with Gasteiger partial charge in [-0.1, -0.05) is 0 Å². The lowest BCUT2D eigenvalue weighted by Gasteiger charge is -2.06. The highest BCUT2D eigenvalue weighted by Crippen LogP contribution is 2.24. The Bertz CT molecular complexity index is 717. The van der Waals surface area contributed by atoms with E-state index in [1.165, 1.54) is 0 Å². The molecule has 1 heterocycles. The number of oxazole rings is 1. The van der Waals surface area contributed by atoms with E-state index in [0.717, 1.165) is 11.3 Å². The fraction of sp³-hybridized carbons (Fsp3) is 0.389. The molecule has 0 atom stereocenters. The van der Waals surface area contributed by atoms with Crippen LogP contribution in [0.2, 0.25) is 0 Å². The Morgan fingerprint density at radius 3 is 2.50 bits per heavy atom. The predicted octanol–water partition coefficient (Wildman–Crippen LogP) is 2.68. The number of hydrogen-bond acceptors (Lipinski definition) is 5. The highest BCUT2D eigenvalue weighted by Gasteiger charge is 2.17. The van der Waals surface area contributed by atoms with E-state index < -0.39 is 0 Å². The van der Waals surface area contributed by atoms with Gasteiger partial charge in [0.2, 0.25) is 11.8 Å². The van der Waals surface area contributed by atoms with Crippen LogP contribution in [0.1, 0.15) is 31.7 Å². The number of methoxy groups -OCH3 is 1. The number of rotatable bonds is 7. The molecular formula is C18H22N2O4. The molecule has 0 aliphatic carbocycles. The number of nitrogens with one attached hydrogen (secondary N) is 1. The summed E-state index contributed by atoms with van der Waals surface area (Å²) in [4.78, 5) is 28.0. The summed E-state index contributed by atoms with van der Waals surface area (Å²) in [5.74, 6) is 1.31. The minimum absolute atomic E-state index is 0.0146. The van der Waals surface area contributed by atoms with E-state index in [9.17, 15) is 9.59 Å². The Morgan fingerprint density at radius 2 is 1.92 bits per heavy atom. The number of Topliss-reactive ketones (excluding diaryl/α,β-unsaturated/α-hetero) is 1. The lowest BCUT2D eigenvalue weighted by Crippen LogP contribution is -2.32. The monoisotopic (exact) mass is 330 g/mol. The van der Waals surface area contributed by atoms with Crippen LogP contribution in [-0.4, -0.2) is 29.8 Å². The molecule has 1 N–H and O–H groups in total. The number of carbonyl (C=O) groups excluding carboxylic acids is 2. The number of carbonyl (C=O) groups is 2. The molecule has 2 rings (SSSR count). The molecule has 6 heteroatoms. The second-order valence-corrected chi connectivity index (χ2v) is 5.86. The zero-order chi connectivity index (χ0) is 17.7. The van der Waals surface area contributed by atoms with Gasteiger partial charge in [-0.05, 0) is 45.0 Å². The summed E-state index contributed by atoms with van der Waals surface area (Å²) >= 11 is 0. The molecule has 1 amide bonds. The van der Waals surface area contributed by atoms with Crippen molar-refractivity contribution in [3.63, 3.8) is 0 Å². The molecule has 0 saturated heterocycles. The Hall–Kier alpha value is -2.63. The van der Waals surface area contributed by atoms with Crippen LogP contribution in [0.5, 0.6) is 5.75 Å². The van der Waals surface area contributed by atoms with Gasteiger partial charge in [0.25, 0.3) is 0 Å². The van der Waals surface area contributed by atoms with Gasteiger partial charge in [-0.25, -0.2) is 4.98 Å². The van der Waals surface area contributed by atoms with E-state index in [4.69, 9.17) is 9.15 Å². The van der Waals surface area contributed by atoms with E-state index in [2.05, 4.69) is 10.3 Å². The third-order valence-corrected chi connectivity index (χ3v) is 3.40. The predicted molar refractivity (Wildman–Crippen MR) is 89.8 cm³/mol. The number of ether oxygens (including phenoxy) is 1. The molecule has 128 valence electrons. The van der Waals surface area contributed by atoms with Crippen molar-refractivity contribution in [3.8, 4) is 17.2 Å². The smallest absolute Gasteiger partial charge is 0.227 e. The largest absolute Gasteiger partial charge is 0.497 e. The second kappa shape index (κ2) is 7.77. The van der Waals surface area contributed by atoms with Crippen LogP contribution in [0.15, 0.2) is 28.7 Å². The second-order valence-electron chi connectivity index (χ2n) is 5.86. The normalized spacial score (nSPS) is 10.7. The van der Waals surface area contributed by atoms with Gasteiger partial charge >= 0.3 is 0 Å². The van der Waals surface area contributed by atoms with Gasteiger partial charge in [-0.15, -0.1) is 0 Å². The van der Waals surface area contributed by atoms with Crippen molar-refractivity contribution in [2.45, 2.75) is 39.7 Å². The molecule has 0 aliphatic heterocycles. The van der Waals surface area contributed by atoms with Crippen molar-refractivity contribution in [1.29, 1.82) is 0 Å². The molecule has 1 aromatic heterocycles. The summed E-state index contributed by atoms with van der Waals surface area (Å²) < 4.78 is 10.8. The Morgan fingerprint density at radius 1 is 1.25 bits per heavy atom. The van der Waals surface area contributed by atoms with Gasteiger partial charge in [0.05, 0.1) is 25.6 Å². The number of ketones is 1. The van der Waals surface area contributed by atoms with Crippen molar-refractivity contribution >= 4 is 11.7 Å². The number of nitrogens with zero attached hydrogens (tertiary/aromatic N) is 1. The topological polar surface area (TPSA) is 81.4 Å². The first-order valence-corrected chi connectivity index (χ1v) is 7.81. The zero-order valence-electron chi connectivity index (χ0n) is 14.4. The summed E-state index contributed by atoms with van der Waals surface area (Å²) in [6, 6.07) is 7.32. The van der Waals surface area contributed by atoms with Gasteiger partial charge in [0, 0.05) is 11.6 Å². The lowest BCUT2D eigenvalue weighted by atomic mass is 10.1. The Labute approximate surface area is 141 Å². The fourth-order valence-electron chi connectivity index (χ4n) is 2.25. The van der Waals surface area contributed by atoms with E-state index in [1.54, 1.807) is 14.0 Å². The summed E-state index contributed by atoms with van der Waals surface area (Å²) in [5, 5.41) is 2.70. The number of aryl methyl sites for hydroxylation is 1. The van der Waals surface area contributed by atoms with E-state index in [0.29, 0.717) is 17.3 Å². The van der Waals surface area contributed by atoms with Crippen molar-refractivity contribution in [1.82, 2.24) is 10.3 Å². The molecule has 0 unspecified atom stereocenters. The Balaban J connectivity index is 2.05. The molecule has 0 radical (unpaired) electrons. The molecule has 0 fully saturated rings. The summed E-state index contributed by atoms with van der Waals surface area (Å²) in [5.41, 5.74) is 1.36. The van der Waals surface area contributed by atoms with Crippen LogP contribution in [0.4, 0.5) is 0 Å². The molecule has 6 nitrogen and oxygen atoms in total. The van der Waals surface area contributed by atoms with Gasteiger partial charge in [-0.3, -0.25) is 9.59 Å². The third kappa shape index (κ3) is 4.68. The lowest BCUT2D eigenvalue weighted by molar-refractivity contribution is -0.128. The quantitative estimate of drug-likeness (QED) is 0.789. The van der Waals surface area contributed by atoms with Crippen LogP contribution in [0.3, 0.4) is 0 Å². The van der Waals surface area contributed by atoms with Crippen molar-refractivity contribution < 1.29 is 18.7 Å². The van der Waals surface area contributed by atoms with Crippen LogP contribution in [0.25, 0.3) is 11.5 Å². The first kappa shape index (κ1) is 17.7. The SMILES string of the molecule is COc1ccc(-c2nc(CC(=O)CC(=O)NC(C)C)c(C)o2)cc1. The molecule has 0 spiro atoms. The van der Waals surface area contributed by atoms with E-state index in [-0.39, 0.29) is 30.6 Å². The molecule has 0 bridgehead atoms. The van der Waals surface area contributed by atoms with Crippen LogP contribution < -0.4 is 10.1 Å². The van der Waals surface area contributed by atoms with Crippen molar-refractivity contribution in [2.75, 3.05) is 7.11 Å². The maximum Gasteiger partial charge on any atom is 0.227 e. The molecule has 1 aromatic carbocycles. The van der Waals surface area contributed by atoms with Gasteiger partial charge in [0.15, 0.2) is 0 Å². The molecule has 24 heavy (non-hydrogen) atoms. The summed E-state index contributed by atoms with van der Waals surface area (Å²) in [7, 11) is 1.60. The van der Waals surface area contributed by atoms with E-state index >= 15 is 0 Å². The first-order valence-electron chi connectivity index (χ1n) is 7.81. The van der Waals surface area contributed by atoms with Crippen molar-refractivity contribution in [2.24, 2.45) is 0 Å². The molecular weight excluding hydrogens is 308 g/mol. The summed E-state index contributed by atoms with van der Waals surface area (Å²) in [6.07, 6.45) is -0.0701. The average molecular weight is 330 g/mol. The number of aromatic nitrogens is 1. The highest BCUT2D eigenvalue weighted by molar-refractivity contribution is 5.98. The standard InChI is InChI=1S/C18H22N2O4/c1-11(2)19-17(22)10-14(21)9-16-12(3)24-18(20-16)13-5-7-15(23-4)8-6-13/h5-8,11H,9-10H2,1-4H3,(H,19,22). The zero-order valence-corrected chi connectivity index (χ0v) is 14.4. The molecule has 2 aromatic rings. The highest BCUT2D eigenvalue weighted by atomic mass is 16.5. The van der Waals surface area contributed by atoms with Gasteiger partial charge < -0.3 is 14.5 Å².